The van der Waals surface area contributed by atoms with Crippen LogP contribution in [0, 0.1) is 5.82 Å². The fourth-order valence-corrected chi connectivity index (χ4v) is 2.15. The molecule has 0 radical (unpaired) electrons. The summed E-state index contributed by atoms with van der Waals surface area (Å²) in [6.45, 7) is 1.85. The molecule has 2 aromatic rings. The van der Waals surface area contributed by atoms with E-state index in [4.69, 9.17) is 16.7 Å². The maximum Gasteiger partial charge on any atom is 0.340 e. The molecule has 0 aromatic heterocycles. The number of benzene rings is 2. The third-order valence-corrected chi connectivity index (χ3v) is 3.18. The Morgan fingerprint density at radius 2 is 2.00 bits per heavy atom. The van der Waals surface area contributed by atoms with Gasteiger partial charge in [-0.25, -0.2) is 9.18 Å². The van der Waals surface area contributed by atoms with Crippen molar-refractivity contribution in [1.29, 1.82) is 0 Å². The standard InChI is InChI=1S/C15H13ClFNO2/c1-9(10-4-2-5-11(16)8-10)18-13-7-3-6-12(17)14(13)15(19)20/h2-9,18H,1H3,(H,19,20). The Balaban J connectivity index is 2.30. The van der Waals surface area contributed by atoms with Crippen LogP contribution >= 0.6 is 11.6 Å². The monoisotopic (exact) mass is 293 g/mol. The van der Waals surface area contributed by atoms with E-state index in [0.717, 1.165) is 11.6 Å². The van der Waals surface area contributed by atoms with Crippen molar-refractivity contribution in [3.8, 4) is 0 Å². The lowest BCUT2D eigenvalue weighted by Gasteiger charge is -2.17. The molecule has 0 bridgehead atoms. The molecule has 1 atom stereocenters. The Morgan fingerprint density at radius 3 is 2.65 bits per heavy atom. The summed E-state index contributed by atoms with van der Waals surface area (Å²) in [7, 11) is 0. The Labute approximate surface area is 121 Å². The highest BCUT2D eigenvalue weighted by molar-refractivity contribution is 6.30. The summed E-state index contributed by atoms with van der Waals surface area (Å²) in [6, 6.07) is 11.1. The minimum Gasteiger partial charge on any atom is -0.478 e. The van der Waals surface area contributed by atoms with Gasteiger partial charge in [-0.15, -0.1) is 0 Å². The van der Waals surface area contributed by atoms with Crippen molar-refractivity contribution in [3.63, 3.8) is 0 Å². The van der Waals surface area contributed by atoms with E-state index in [1.807, 2.05) is 13.0 Å². The van der Waals surface area contributed by atoms with Gasteiger partial charge in [0.1, 0.15) is 11.4 Å². The summed E-state index contributed by atoms with van der Waals surface area (Å²) in [5.74, 6) is -2.07. The quantitative estimate of drug-likeness (QED) is 0.881. The summed E-state index contributed by atoms with van der Waals surface area (Å²) < 4.78 is 13.6. The summed E-state index contributed by atoms with van der Waals surface area (Å²) in [6.07, 6.45) is 0. The SMILES string of the molecule is CC(Nc1cccc(F)c1C(=O)O)c1cccc(Cl)c1. The average molecular weight is 294 g/mol. The van der Waals surface area contributed by atoms with Crippen LogP contribution < -0.4 is 5.32 Å². The zero-order valence-corrected chi connectivity index (χ0v) is 11.5. The zero-order valence-electron chi connectivity index (χ0n) is 10.7. The summed E-state index contributed by atoms with van der Waals surface area (Å²) in [5, 5.41) is 12.7. The molecule has 2 N–H and O–H groups in total. The third-order valence-electron chi connectivity index (χ3n) is 2.95. The first kappa shape index (κ1) is 14.3. The third kappa shape index (κ3) is 3.08. The topological polar surface area (TPSA) is 49.3 Å². The molecule has 5 heteroatoms. The highest BCUT2D eigenvalue weighted by Gasteiger charge is 2.17. The molecule has 0 aliphatic carbocycles. The molecule has 20 heavy (non-hydrogen) atoms. The molecular weight excluding hydrogens is 281 g/mol. The number of carboxylic acid groups (broad SMARTS) is 1. The van der Waals surface area contributed by atoms with Crippen molar-refractivity contribution < 1.29 is 14.3 Å². The van der Waals surface area contributed by atoms with Crippen molar-refractivity contribution >= 4 is 23.3 Å². The summed E-state index contributed by atoms with van der Waals surface area (Å²) >= 11 is 5.92. The number of aromatic carboxylic acids is 1. The van der Waals surface area contributed by atoms with Gasteiger partial charge in [0.05, 0.1) is 5.69 Å². The molecule has 2 rings (SSSR count). The van der Waals surface area contributed by atoms with Crippen LogP contribution in [0.2, 0.25) is 5.02 Å². The Hall–Kier alpha value is -2.07. The zero-order chi connectivity index (χ0) is 14.7. The molecule has 0 aliphatic rings. The van der Waals surface area contributed by atoms with Crippen LogP contribution in [-0.4, -0.2) is 11.1 Å². The normalized spacial score (nSPS) is 11.9. The lowest BCUT2D eigenvalue weighted by atomic mass is 10.1. The predicted octanol–water partition coefficient (Wildman–Crippen LogP) is 4.35. The molecule has 104 valence electrons. The second-order valence-corrected chi connectivity index (χ2v) is 4.83. The maximum atomic E-state index is 13.6. The highest BCUT2D eigenvalue weighted by Crippen LogP contribution is 2.25. The minimum atomic E-state index is -1.30. The lowest BCUT2D eigenvalue weighted by Crippen LogP contribution is -2.12. The van der Waals surface area contributed by atoms with E-state index in [2.05, 4.69) is 5.32 Å². The summed E-state index contributed by atoms with van der Waals surface area (Å²) in [4.78, 5) is 11.1. The van der Waals surface area contributed by atoms with E-state index >= 15 is 0 Å². The van der Waals surface area contributed by atoms with Crippen molar-refractivity contribution in [2.75, 3.05) is 5.32 Å². The van der Waals surface area contributed by atoms with Crippen LogP contribution in [0.3, 0.4) is 0 Å². The predicted molar refractivity (Wildman–Crippen MR) is 76.8 cm³/mol. The molecule has 0 fully saturated rings. The van der Waals surface area contributed by atoms with Gasteiger partial charge in [0.15, 0.2) is 0 Å². The first-order valence-electron chi connectivity index (χ1n) is 6.03. The minimum absolute atomic E-state index is 0.200. The van der Waals surface area contributed by atoms with E-state index < -0.39 is 11.8 Å². The van der Waals surface area contributed by atoms with Gasteiger partial charge in [-0.3, -0.25) is 0 Å². The molecule has 3 nitrogen and oxygen atoms in total. The number of carbonyl (C=O) groups is 1. The molecular formula is C15H13ClFNO2. The molecule has 0 spiro atoms. The number of anilines is 1. The first-order chi connectivity index (χ1) is 9.49. The lowest BCUT2D eigenvalue weighted by molar-refractivity contribution is 0.0693. The van der Waals surface area contributed by atoms with Crippen molar-refractivity contribution in [3.05, 3.63) is 64.4 Å². The smallest absolute Gasteiger partial charge is 0.340 e. The Kier molecular flexibility index (Phi) is 4.25. The van der Waals surface area contributed by atoms with E-state index in [0.29, 0.717) is 5.02 Å². The largest absolute Gasteiger partial charge is 0.478 e. The van der Waals surface area contributed by atoms with Crippen LogP contribution in [0.25, 0.3) is 0 Å². The number of hydrogen-bond donors (Lipinski definition) is 2. The fraction of sp³-hybridized carbons (Fsp3) is 0.133. The molecule has 0 aliphatic heterocycles. The van der Waals surface area contributed by atoms with Crippen LogP contribution in [0.1, 0.15) is 28.9 Å². The van der Waals surface area contributed by atoms with E-state index in [9.17, 15) is 9.18 Å². The van der Waals surface area contributed by atoms with Crippen LogP contribution in [0.5, 0.6) is 0 Å². The van der Waals surface area contributed by atoms with Crippen LogP contribution in [-0.2, 0) is 0 Å². The number of halogens is 2. The van der Waals surface area contributed by atoms with E-state index in [-0.39, 0.29) is 17.3 Å². The second-order valence-electron chi connectivity index (χ2n) is 4.39. The van der Waals surface area contributed by atoms with E-state index in [1.54, 1.807) is 18.2 Å². The fourth-order valence-electron chi connectivity index (χ4n) is 1.95. The molecule has 1 unspecified atom stereocenters. The molecule has 0 saturated carbocycles. The number of hydrogen-bond acceptors (Lipinski definition) is 2. The average Bonchev–Trinajstić information content (AvgIpc) is 2.38. The van der Waals surface area contributed by atoms with Crippen molar-refractivity contribution in [1.82, 2.24) is 0 Å². The van der Waals surface area contributed by atoms with Gasteiger partial charge < -0.3 is 10.4 Å². The van der Waals surface area contributed by atoms with Gasteiger partial charge in [-0.2, -0.15) is 0 Å². The van der Waals surface area contributed by atoms with Crippen LogP contribution in [0.15, 0.2) is 42.5 Å². The molecule has 0 saturated heterocycles. The van der Waals surface area contributed by atoms with Gasteiger partial charge >= 0.3 is 5.97 Å². The molecule has 2 aromatic carbocycles. The van der Waals surface area contributed by atoms with Gasteiger partial charge in [0, 0.05) is 11.1 Å². The van der Waals surface area contributed by atoms with Gasteiger partial charge in [-0.05, 0) is 36.8 Å². The van der Waals surface area contributed by atoms with Crippen LogP contribution in [0.4, 0.5) is 10.1 Å². The Morgan fingerprint density at radius 1 is 1.30 bits per heavy atom. The number of rotatable bonds is 4. The number of nitrogens with one attached hydrogen (secondary N) is 1. The Bertz CT molecular complexity index is 646. The van der Waals surface area contributed by atoms with Crippen molar-refractivity contribution in [2.45, 2.75) is 13.0 Å². The highest BCUT2D eigenvalue weighted by atomic mass is 35.5. The van der Waals surface area contributed by atoms with Crippen molar-refractivity contribution in [2.24, 2.45) is 0 Å². The number of carboxylic acids is 1. The second kappa shape index (κ2) is 5.92. The van der Waals surface area contributed by atoms with Gasteiger partial charge in [-0.1, -0.05) is 29.8 Å². The van der Waals surface area contributed by atoms with Gasteiger partial charge in [0.2, 0.25) is 0 Å². The van der Waals surface area contributed by atoms with E-state index in [1.165, 1.54) is 12.1 Å². The molecule has 0 amide bonds. The molecule has 0 heterocycles. The maximum absolute atomic E-state index is 13.6. The first-order valence-corrected chi connectivity index (χ1v) is 6.40. The van der Waals surface area contributed by atoms with Gasteiger partial charge in [0.25, 0.3) is 0 Å². The summed E-state index contributed by atoms with van der Waals surface area (Å²) in [5.41, 5.74) is 0.768.